The van der Waals surface area contributed by atoms with E-state index in [2.05, 4.69) is 70.2 Å². The van der Waals surface area contributed by atoms with Crippen molar-refractivity contribution in [3.8, 4) is 0 Å². The van der Waals surface area contributed by atoms with Crippen LogP contribution in [0.4, 0.5) is 0 Å². The molecule has 0 N–H and O–H groups in total. The van der Waals surface area contributed by atoms with E-state index in [-0.39, 0.29) is 0 Å². The van der Waals surface area contributed by atoms with E-state index in [0.717, 1.165) is 23.2 Å². The van der Waals surface area contributed by atoms with Crippen molar-refractivity contribution in [1.29, 1.82) is 0 Å². The molecule has 3 nitrogen and oxygen atoms in total. The SMILES string of the molecule is Cc1ccccc1CSc1nnc(Cc2ccccc2)n1C. The first-order chi connectivity index (χ1) is 10.7. The normalized spacial score (nSPS) is 10.8. The monoisotopic (exact) mass is 309 g/mol. The Morgan fingerprint density at radius 3 is 2.45 bits per heavy atom. The highest BCUT2D eigenvalue weighted by atomic mass is 32.2. The molecule has 0 aliphatic heterocycles. The number of thioether (sulfide) groups is 1. The van der Waals surface area contributed by atoms with Crippen LogP contribution < -0.4 is 0 Å². The van der Waals surface area contributed by atoms with E-state index < -0.39 is 0 Å². The number of rotatable bonds is 5. The fraction of sp³-hybridized carbons (Fsp3) is 0.222. The topological polar surface area (TPSA) is 30.7 Å². The zero-order chi connectivity index (χ0) is 15.4. The van der Waals surface area contributed by atoms with Crippen molar-refractivity contribution in [2.45, 2.75) is 24.3 Å². The molecule has 0 saturated heterocycles. The Morgan fingerprint density at radius 2 is 1.68 bits per heavy atom. The smallest absolute Gasteiger partial charge is 0.191 e. The molecule has 0 aliphatic carbocycles. The van der Waals surface area contributed by atoms with Crippen LogP contribution in [0, 0.1) is 6.92 Å². The second-order valence-electron chi connectivity index (χ2n) is 5.34. The third-order valence-corrected chi connectivity index (χ3v) is 4.82. The van der Waals surface area contributed by atoms with Gasteiger partial charge >= 0.3 is 0 Å². The molecule has 0 radical (unpaired) electrons. The summed E-state index contributed by atoms with van der Waals surface area (Å²) < 4.78 is 2.09. The molecule has 0 amide bonds. The quantitative estimate of drug-likeness (QED) is 0.667. The minimum absolute atomic E-state index is 0.815. The van der Waals surface area contributed by atoms with Crippen LogP contribution >= 0.6 is 11.8 Å². The van der Waals surface area contributed by atoms with E-state index in [9.17, 15) is 0 Å². The van der Waals surface area contributed by atoms with Crippen LogP contribution in [0.25, 0.3) is 0 Å². The van der Waals surface area contributed by atoms with Crippen LogP contribution in [-0.2, 0) is 19.2 Å². The third-order valence-electron chi connectivity index (χ3n) is 3.75. The molecule has 0 fully saturated rings. The number of hydrogen-bond acceptors (Lipinski definition) is 3. The lowest BCUT2D eigenvalue weighted by molar-refractivity contribution is 0.749. The van der Waals surface area contributed by atoms with Gasteiger partial charge in [0.25, 0.3) is 0 Å². The zero-order valence-corrected chi connectivity index (χ0v) is 13.7. The Hall–Kier alpha value is -2.07. The maximum absolute atomic E-state index is 4.34. The fourth-order valence-electron chi connectivity index (χ4n) is 2.32. The second-order valence-corrected chi connectivity index (χ2v) is 6.28. The molecule has 112 valence electrons. The lowest BCUT2D eigenvalue weighted by atomic mass is 10.1. The molecule has 1 heterocycles. The van der Waals surface area contributed by atoms with Gasteiger partial charge in [0.15, 0.2) is 5.16 Å². The molecule has 1 aromatic heterocycles. The largest absolute Gasteiger partial charge is 0.309 e. The minimum Gasteiger partial charge on any atom is -0.309 e. The summed E-state index contributed by atoms with van der Waals surface area (Å²) in [6.45, 7) is 2.15. The van der Waals surface area contributed by atoms with E-state index in [1.54, 1.807) is 11.8 Å². The summed E-state index contributed by atoms with van der Waals surface area (Å²) in [5, 5.41) is 9.64. The molecular weight excluding hydrogens is 290 g/mol. The Kier molecular flexibility index (Phi) is 4.59. The number of aromatic nitrogens is 3. The summed E-state index contributed by atoms with van der Waals surface area (Å²) in [7, 11) is 2.04. The summed E-state index contributed by atoms with van der Waals surface area (Å²) >= 11 is 1.74. The highest BCUT2D eigenvalue weighted by Gasteiger charge is 2.10. The van der Waals surface area contributed by atoms with E-state index in [1.807, 2.05) is 13.1 Å². The molecular formula is C18H19N3S. The predicted octanol–water partition coefficient (Wildman–Crippen LogP) is 4.01. The number of hydrogen-bond donors (Lipinski definition) is 0. The predicted molar refractivity (Wildman–Crippen MR) is 91.0 cm³/mol. The summed E-state index contributed by atoms with van der Waals surface area (Å²) in [4.78, 5) is 0. The standard InChI is InChI=1S/C18H19N3S/c1-14-8-6-7-11-16(14)13-22-18-20-19-17(21(18)2)12-15-9-4-3-5-10-15/h3-11H,12-13H2,1-2H3. The van der Waals surface area contributed by atoms with Gasteiger partial charge in [-0.25, -0.2) is 0 Å². The van der Waals surface area contributed by atoms with Gasteiger partial charge in [-0.15, -0.1) is 10.2 Å². The van der Waals surface area contributed by atoms with Gasteiger partial charge in [0, 0.05) is 19.2 Å². The highest BCUT2D eigenvalue weighted by molar-refractivity contribution is 7.98. The maximum Gasteiger partial charge on any atom is 0.191 e. The number of nitrogens with zero attached hydrogens (tertiary/aromatic N) is 3. The van der Waals surface area contributed by atoms with Gasteiger partial charge in [0.1, 0.15) is 5.82 Å². The molecule has 0 bridgehead atoms. The van der Waals surface area contributed by atoms with Gasteiger partial charge < -0.3 is 4.57 Å². The van der Waals surface area contributed by atoms with Crippen LogP contribution in [-0.4, -0.2) is 14.8 Å². The lowest BCUT2D eigenvalue weighted by Crippen LogP contribution is -2.00. The van der Waals surface area contributed by atoms with Gasteiger partial charge in [-0.05, 0) is 23.6 Å². The van der Waals surface area contributed by atoms with E-state index >= 15 is 0 Å². The molecule has 0 saturated carbocycles. The molecule has 0 atom stereocenters. The molecule has 0 spiro atoms. The van der Waals surface area contributed by atoms with Crippen molar-refractivity contribution in [3.05, 3.63) is 77.1 Å². The van der Waals surface area contributed by atoms with Crippen LogP contribution in [0.1, 0.15) is 22.5 Å². The van der Waals surface area contributed by atoms with Crippen molar-refractivity contribution in [2.75, 3.05) is 0 Å². The Labute approximate surface area is 135 Å². The first kappa shape index (κ1) is 14.9. The van der Waals surface area contributed by atoms with Crippen LogP contribution in [0.5, 0.6) is 0 Å². The highest BCUT2D eigenvalue weighted by Crippen LogP contribution is 2.23. The van der Waals surface area contributed by atoms with Crippen molar-refractivity contribution < 1.29 is 0 Å². The maximum atomic E-state index is 4.34. The second kappa shape index (κ2) is 6.79. The minimum atomic E-state index is 0.815. The zero-order valence-electron chi connectivity index (χ0n) is 12.9. The average molecular weight is 309 g/mol. The van der Waals surface area contributed by atoms with Crippen molar-refractivity contribution in [2.24, 2.45) is 7.05 Å². The van der Waals surface area contributed by atoms with Gasteiger partial charge in [0.2, 0.25) is 0 Å². The van der Waals surface area contributed by atoms with Crippen molar-refractivity contribution >= 4 is 11.8 Å². The number of aryl methyl sites for hydroxylation is 1. The first-order valence-corrected chi connectivity index (χ1v) is 8.32. The molecule has 2 aromatic carbocycles. The van der Waals surface area contributed by atoms with Crippen LogP contribution in [0.3, 0.4) is 0 Å². The Bertz CT molecular complexity index is 750. The molecule has 0 unspecified atom stereocenters. The van der Waals surface area contributed by atoms with Gasteiger partial charge in [-0.3, -0.25) is 0 Å². The van der Waals surface area contributed by atoms with Crippen LogP contribution in [0.2, 0.25) is 0 Å². The first-order valence-electron chi connectivity index (χ1n) is 7.33. The number of benzene rings is 2. The van der Waals surface area contributed by atoms with E-state index in [1.165, 1.54) is 16.7 Å². The molecule has 3 rings (SSSR count). The summed E-state index contributed by atoms with van der Waals surface area (Å²) in [6.07, 6.45) is 0.815. The van der Waals surface area contributed by atoms with Gasteiger partial charge in [-0.2, -0.15) is 0 Å². The lowest BCUT2D eigenvalue weighted by Gasteiger charge is -2.06. The van der Waals surface area contributed by atoms with Gasteiger partial charge in [0.05, 0.1) is 0 Å². The molecule has 3 aromatic rings. The van der Waals surface area contributed by atoms with Crippen molar-refractivity contribution in [3.63, 3.8) is 0 Å². The van der Waals surface area contributed by atoms with Crippen molar-refractivity contribution in [1.82, 2.24) is 14.8 Å². The molecule has 22 heavy (non-hydrogen) atoms. The summed E-state index contributed by atoms with van der Waals surface area (Å²) in [5.41, 5.74) is 3.93. The molecule has 0 aliphatic rings. The molecule has 4 heteroatoms. The summed E-state index contributed by atoms with van der Waals surface area (Å²) in [6, 6.07) is 18.9. The Morgan fingerprint density at radius 1 is 0.955 bits per heavy atom. The third kappa shape index (κ3) is 3.39. The average Bonchev–Trinajstić information content (AvgIpc) is 2.88. The summed E-state index contributed by atoms with van der Waals surface area (Å²) in [5.74, 6) is 1.92. The van der Waals surface area contributed by atoms with Crippen LogP contribution in [0.15, 0.2) is 59.8 Å². The Balaban J connectivity index is 1.70. The van der Waals surface area contributed by atoms with Gasteiger partial charge in [-0.1, -0.05) is 66.4 Å². The fourth-order valence-corrected chi connectivity index (χ4v) is 3.32. The van der Waals surface area contributed by atoms with E-state index in [0.29, 0.717) is 0 Å². The van der Waals surface area contributed by atoms with E-state index in [4.69, 9.17) is 0 Å².